The number of hydrogen-bond acceptors (Lipinski definition) is 5. The number of benzene rings is 1. The zero-order chi connectivity index (χ0) is 15.9. The summed E-state index contributed by atoms with van der Waals surface area (Å²) in [6.45, 7) is 3.26. The first-order valence-corrected chi connectivity index (χ1v) is 7.75. The third kappa shape index (κ3) is 4.71. The van der Waals surface area contributed by atoms with Crippen molar-refractivity contribution in [2.24, 2.45) is 0 Å². The van der Waals surface area contributed by atoms with Crippen molar-refractivity contribution in [2.75, 3.05) is 27.4 Å². The molecule has 0 spiro atoms. The molecule has 1 aliphatic rings. The average molecular weight is 307 g/mol. The van der Waals surface area contributed by atoms with Gasteiger partial charge in [0.2, 0.25) is 0 Å². The maximum absolute atomic E-state index is 11.8. The van der Waals surface area contributed by atoms with Crippen LogP contribution in [-0.2, 0) is 9.47 Å². The normalized spacial score (nSPS) is 15.4. The van der Waals surface area contributed by atoms with Gasteiger partial charge in [0.25, 0.3) is 0 Å². The van der Waals surface area contributed by atoms with Gasteiger partial charge >= 0.3 is 5.97 Å². The van der Waals surface area contributed by atoms with Gasteiger partial charge in [-0.25, -0.2) is 4.79 Å². The van der Waals surface area contributed by atoms with Gasteiger partial charge in [-0.3, -0.25) is 0 Å². The summed E-state index contributed by atoms with van der Waals surface area (Å²) in [6, 6.07) is 6.52. The minimum Gasteiger partial charge on any atom is -0.493 e. The summed E-state index contributed by atoms with van der Waals surface area (Å²) in [5, 5.41) is 3.54. The van der Waals surface area contributed by atoms with Crippen LogP contribution in [0, 0.1) is 0 Å². The summed E-state index contributed by atoms with van der Waals surface area (Å²) in [4.78, 5) is 11.8. The summed E-state index contributed by atoms with van der Waals surface area (Å²) in [7, 11) is 3.04. The van der Waals surface area contributed by atoms with Crippen LogP contribution in [0.3, 0.4) is 0 Å². The van der Waals surface area contributed by atoms with Crippen LogP contribution in [0.1, 0.15) is 48.1 Å². The number of esters is 1. The molecule has 122 valence electrons. The van der Waals surface area contributed by atoms with Crippen molar-refractivity contribution in [1.82, 2.24) is 5.32 Å². The Balaban J connectivity index is 2.10. The molecule has 0 aliphatic heterocycles. The van der Waals surface area contributed by atoms with Crippen molar-refractivity contribution >= 4 is 5.97 Å². The van der Waals surface area contributed by atoms with Gasteiger partial charge < -0.3 is 19.5 Å². The van der Waals surface area contributed by atoms with E-state index in [0.717, 1.165) is 12.0 Å². The second-order valence-electron chi connectivity index (χ2n) is 5.60. The molecule has 2 rings (SSSR count). The maximum Gasteiger partial charge on any atom is 0.341 e. The summed E-state index contributed by atoms with van der Waals surface area (Å²) in [5.74, 6) is 0.195. The van der Waals surface area contributed by atoms with Crippen molar-refractivity contribution in [3.05, 3.63) is 29.3 Å². The lowest BCUT2D eigenvalue weighted by Crippen LogP contribution is -2.21. The number of methoxy groups -OCH3 is 2. The van der Waals surface area contributed by atoms with E-state index in [1.54, 1.807) is 13.2 Å². The Bertz CT molecular complexity index is 499. The highest BCUT2D eigenvalue weighted by Crippen LogP contribution is 2.28. The van der Waals surface area contributed by atoms with Gasteiger partial charge in [0.1, 0.15) is 11.3 Å². The number of nitrogens with one attached hydrogen (secondary N) is 1. The molecule has 1 aliphatic carbocycles. The Morgan fingerprint density at radius 2 is 2.09 bits per heavy atom. The number of hydrogen-bond donors (Lipinski definition) is 1. The predicted octanol–water partition coefficient (Wildman–Crippen LogP) is 2.70. The highest BCUT2D eigenvalue weighted by Gasteiger charge is 2.24. The fourth-order valence-electron chi connectivity index (χ4n) is 2.29. The van der Waals surface area contributed by atoms with Crippen LogP contribution < -0.4 is 10.1 Å². The van der Waals surface area contributed by atoms with E-state index in [1.165, 1.54) is 20.0 Å². The molecule has 0 amide bonds. The Kier molecular flexibility index (Phi) is 6.21. The van der Waals surface area contributed by atoms with Gasteiger partial charge in [-0.05, 0) is 37.5 Å². The molecule has 1 aromatic rings. The van der Waals surface area contributed by atoms with E-state index < -0.39 is 0 Å². The molecule has 1 fully saturated rings. The molecule has 0 unspecified atom stereocenters. The molecule has 0 saturated heterocycles. The molecule has 0 aromatic heterocycles. The molecule has 0 heterocycles. The van der Waals surface area contributed by atoms with Crippen LogP contribution in [0.25, 0.3) is 0 Å². The third-order valence-corrected chi connectivity index (χ3v) is 3.72. The molecule has 0 radical (unpaired) electrons. The molecule has 1 N–H and O–H groups in total. The van der Waals surface area contributed by atoms with Crippen LogP contribution in [0.5, 0.6) is 5.75 Å². The van der Waals surface area contributed by atoms with E-state index in [4.69, 9.17) is 14.2 Å². The van der Waals surface area contributed by atoms with Gasteiger partial charge in [-0.2, -0.15) is 0 Å². The van der Waals surface area contributed by atoms with Crippen molar-refractivity contribution in [1.29, 1.82) is 0 Å². The van der Waals surface area contributed by atoms with Crippen LogP contribution in [0.15, 0.2) is 18.2 Å². The Morgan fingerprint density at radius 3 is 2.73 bits per heavy atom. The van der Waals surface area contributed by atoms with E-state index in [1.807, 2.05) is 12.1 Å². The van der Waals surface area contributed by atoms with Gasteiger partial charge in [0.05, 0.1) is 13.7 Å². The molecule has 0 bridgehead atoms. The van der Waals surface area contributed by atoms with Gasteiger partial charge in [-0.1, -0.05) is 6.07 Å². The zero-order valence-electron chi connectivity index (χ0n) is 13.6. The van der Waals surface area contributed by atoms with Crippen molar-refractivity contribution in [2.45, 2.75) is 38.3 Å². The second kappa shape index (κ2) is 8.15. The number of carbonyl (C=O) groups is 1. The number of carbonyl (C=O) groups excluding carboxylic acids is 1. The van der Waals surface area contributed by atoms with Crippen LogP contribution >= 0.6 is 0 Å². The predicted molar refractivity (Wildman–Crippen MR) is 84.3 cm³/mol. The fraction of sp³-hybridized carbons (Fsp3) is 0.588. The molecule has 1 aromatic carbocycles. The molecular weight excluding hydrogens is 282 g/mol. The summed E-state index contributed by atoms with van der Waals surface area (Å²) in [5.41, 5.74) is 1.57. The molecule has 1 saturated carbocycles. The summed E-state index contributed by atoms with van der Waals surface area (Å²) < 4.78 is 15.6. The lowest BCUT2D eigenvalue weighted by atomic mass is 10.0. The topological polar surface area (TPSA) is 56.8 Å². The van der Waals surface area contributed by atoms with Gasteiger partial charge in [0.15, 0.2) is 0 Å². The Hall–Kier alpha value is -1.59. The van der Waals surface area contributed by atoms with Crippen LogP contribution in [0.4, 0.5) is 0 Å². The highest BCUT2D eigenvalue weighted by atomic mass is 16.5. The van der Waals surface area contributed by atoms with Crippen molar-refractivity contribution in [3.63, 3.8) is 0 Å². The van der Waals surface area contributed by atoms with Crippen LogP contribution in [0.2, 0.25) is 0 Å². The smallest absolute Gasteiger partial charge is 0.341 e. The Morgan fingerprint density at radius 1 is 1.32 bits per heavy atom. The largest absolute Gasteiger partial charge is 0.493 e. The average Bonchev–Trinajstić information content (AvgIpc) is 3.34. The summed E-state index contributed by atoms with van der Waals surface area (Å²) >= 11 is 0. The zero-order valence-corrected chi connectivity index (χ0v) is 13.6. The van der Waals surface area contributed by atoms with E-state index >= 15 is 0 Å². The summed E-state index contributed by atoms with van der Waals surface area (Å²) in [6.07, 6.45) is 3.26. The van der Waals surface area contributed by atoms with Gasteiger partial charge in [-0.15, -0.1) is 0 Å². The number of ether oxygens (including phenoxy) is 3. The Labute approximate surface area is 131 Å². The quantitative estimate of drug-likeness (QED) is 0.561. The van der Waals surface area contributed by atoms with E-state index in [2.05, 4.69) is 12.2 Å². The SMILES string of the molecule is COCCCOc1cc([C@H](C)NC2CC2)ccc1C(=O)OC. The monoisotopic (exact) mass is 307 g/mol. The first-order chi connectivity index (χ1) is 10.7. The van der Waals surface area contributed by atoms with E-state index in [9.17, 15) is 4.79 Å². The minimum absolute atomic E-state index is 0.237. The third-order valence-electron chi connectivity index (χ3n) is 3.72. The van der Waals surface area contributed by atoms with Gasteiger partial charge in [0, 0.05) is 32.2 Å². The number of rotatable bonds is 9. The molecule has 22 heavy (non-hydrogen) atoms. The van der Waals surface area contributed by atoms with Crippen molar-refractivity contribution < 1.29 is 19.0 Å². The lowest BCUT2D eigenvalue weighted by Gasteiger charge is -2.17. The van der Waals surface area contributed by atoms with Crippen molar-refractivity contribution in [3.8, 4) is 5.75 Å². The first kappa shape index (κ1) is 16.8. The molecule has 1 atom stereocenters. The van der Waals surface area contributed by atoms with E-state index in [0.29, 0.717) is 30.6 Å². The highest BCUT2D eigenvalue weighted by molar-refractivity contribution is 5.92. The molecular formula is C17H25NO4. The van der Waals surface area contributed by atoms with Crippen LogP contribution in [-0.4, -0.2) is 39.4 Å². The minimum atomic E-state index is -0.379. The fourth-order valence-corrected chi connectivity index (χ4v) is 2.29. The second-order valence-corrected chi connectivity index (χ2v) is 5.60. The lowest BCUT2D eigenvalue weighted by molar-refractivity contribution is 0.0595. The molecule has 5 heteroatoms. The molecule has 5 nitrogen and oxygen atoms in total. The standard InChI is InChI=1S/C17H25NO4/c1-12(18-14-6-7-14)13-5-8-15(17(19)21-3)16(11-13)22-10-4-9-20-2/h5,8,11-12,14,18H,4,6-7,9-10H2,1-3H3/t12-/m0/s1. The maximum atomic E-state index is 11.8. The first-order valence-electron chi connectivity index (χ1n) is 7.75. The van der Waals surface area contributed by atoms with E-state index in [-0.39, 0.29) is 12.0 Å².